The second kappa shape index (κ2) is 13.5. The van der Waals surface area contributed by atoms with E-state index in [1.165, 1.54) is 44.3 Å². The van der Waals surface area contributed by atoms with Gasteiger partial charge in [-0.25, -0.2) is 4.79 Å². The van der Waals surface area contributed by atoms with Crippen LogP contribution in [0.1, 0.15) is 57.4 Å². The minimum absolute atomic E-state index is 0.0929. The third-order valence-electron chi connectivity index (χ3n) is 7.93. The summed E-state index contributed by atoms with van der Waals surface area (Å²) in [5.74, 6) is 0.967. The lowest BCUT2D eigenvalue weighted by atomic mass is 9.73. The van der Waals surface area contributed by atoms with Crippen LogP contribution in [0.15, 0.2) is 24.3 Å². The molecular formula is C28H45N3O4. The summed E-state index contributed by atoms with van der Waals surface area (Å²) in [6, 6.07) is 8.84. The summed E-state index contributed by atoms with van der Waals surface area (Å²) in [7, 11) is 0. The SMILES string of the molecule is CCOC(=O)N1CCN(CC2(c3ccc(OCCCN4CCCCCC4)cc3)CCOCC2)CC1. The number of benzene rings is 1. The Hall–Kier alpha value is -1.83. The molecule has 3 aliphatic rings. The van der Waals surface area contributed by atoms with Crippen molar-refractivity contribution in [1.29, 1.82) is 0 Å². The van der Waals surface area contributed by atoms with Crippen molar-refractivity contribution in [3.05, 3.63) is 29.8 Å². The summed E-state index contributed by atoms with van der Waals surface area (Å²) in [4.78, 5) is 19.0. The van der Waals surface area contributed by atoms with Gasteiger partial charge in [-0.1, -0.05) is 25.0 Å². The van der Waals surface area contributed by atoms with Gasteiger partial charge in [-0.3, -0.25) is 4.90 Å². The molecule has 0 atom stereocenters. The Labute approximate surface area is 211 Å². The molecule has 0 saturated carbocycles. The van der Waals surface area contributed by atoms with E-state index >= 15 is 0 Å². The predicted molar refractivity (Wildman–Crippen MR) is 138 cm³/mol. The first-order chi connectivity index (χ1) is 17.2. The van der Waals surface area contributed by atoms with Gasteiger partial charge in [0.25, 0.3) is 0 Å². The summed E-state index contributed by atoms with van der Waals surface area (Å²) >= 11 is 0. The highest BCUT2D eigenvalue weighted by atomic mass is 16.6. The van der Waals surface area contributed by atoms with Gasteiger partial charge in [0.2, 0.25) is 0 Å². The molecule has 0 radical (unpaired) electrons. The molecule has 0 aliphatic carbocycles. The van der Waals surface area contributed by atoms with Crippen molar-refractivity contribution >= 4 is 6.09 Å². The summed E-state index contributed by atoms with van der Waals surface area (Å²) in [5.41, 5.74) is 1.47. The molecule has 196 valence electrons. The third-order valence-corrected chi connectivity index (χ3v) is 7.93. The summed E-state index contributed by atoms with van der Waals surface area (Å²) in [6.45, 7) is 12.6. The fourth-order valence-corrected chi connectivity index (χ4v) is 5.77. The molecule has 0 N–H and O–H groups in total. The molecule has 4 rings (SSSR count). The highest BCUT2D eigenvalue weighted by Crippen LogP contribution is 2.37. The number of amides is 1. The lowest BCUT2D eigenvalue weighted by Gasteiger charge is -2.44. The van der Waals surface area contributed by atoms with Crippen LogP contribution in [0, 0.1) is 0 Å². The Bertz CT molecular complexity index is 750. The van der Waals surface area contributed by atoms with Crippen molar-refractivity contribution in [2.24, 2.45) is 0 Å². The zero-order chi connectivity index (χ0) is 24.3. The van der Waals surface area contributed by atoms with Crippen LogP contribution in [0.4, 0.5) is 4.79 Å². The predicted octanol–water partition coefficient (Wildman–Crippen LogP) is 4.15. The molecular weight excluding hydrogens is 442 g/mol. The number of likely N-dealkylation sites (tertiary alicyclic amines) is 1. The van der Waals surface area contributed by atoms with Gasteiger partial charge < -0.3 is 24.0 Å². The molecule has 7 nitrogen and oxygen atoms in total. The molecule has 3 aliphatic heterocycles. The molecule has 0 spiro atoms. The van der Waals surface area contributed by atoms with Gasteiger partial charge in [-0.05, 0) is 69.8 Å². The number of carbonyl (C=O) groups excluding carboxylic acids is 1. The number of ether oxygens (including phenoxy) is 3. The third kappa shape index (κ3) is 7.58. The first-order valence-electron chi connectivity index (χ1n) is 13.9. The van der Waals surface area contributed by atoms with Crippen LogP contribution in [0.2, 0.25) is 0 Å². The van der Waals surface area contributed by atoms with Crippen LogP contribution >= 0.6 is 0 Å². The van der Waals surface area contributed by atoms with Crippen LogP contribution in [0.5, 0.6) is 5.75 Å². The summed E-state index contributed by atoms with van der Waals surface area (Å²) in [5, 5.41) is 0. The fraction of sp³-hybridized carbons (Fsp3) is 0.750. The second-order valence-electron chi connectivity index (χ2n) is 10.3. The van der Waals surface area contributed by atoms with Gasteiger partial charge in [-0.15, -0.1) is 0 Å². The van der Waals surface area contributed by atoms with Crippen LogP contribution < -0.4 is 4.74 Å². The van der Waals surface area contributed by atoms with Crippen LogP contribution in [0.25, 0.3) is 0 Å². The molecule has 0 bridgehead atoms. The minimum atomic E-state index is -0.185. The number of piperazine rings is 1. The Balaban J connectivity index is 1.28. The maximum atomic E-state index is 12.1. The lowest BCUT2D eigenvalue weighted by molar-refractivity contribution is 0.0230. The molecule has 1 amide bonds. The number of hydrogen-bond donors (Lipinski definition) is 0. The number of hydrogen-bond acceptors (Lipinski definition) is 6. The van der Waals surface area contributed by atoms with Crippen molar-refractivity contribution in [2.75, 3.05) is 78.8 Å². The Morgan fingerprint density at radius 1 is 0.914 bits per heavy atom. The average Bonchev–Trinajstić information content (AvgIpc) is 3.17. The molecule has 0 aromatic heterocycles. The minimum Gasteiger partial charge on any atom is -0.494 e. The molecule has 3 fully saturated rings. The fourth-order valence-electron chi connectivity index (χ4n) is 5.77. The Morgan fingerprint density at radius 2 is 1.60 bits per heavy atom. The van der Waals surface area contributed by atoms with Crippen molar-refractivity contribution in [1.82, 2.24) is 14.7 Å². The van der Waals surface area contributed by atoms with Gasteiger partial charge in [-0.2, -0.15) is 0 Å². The van der Waals surface area contributed by atoms with E-state index in [9.17, 15) is 4.79 Å². The van der Waals surface area contributed by atoms with Crippen LogP contribution in [-0.2, 0) is 14.9 Å². The van der Waals surface area contributed by atoms with Gasteiger partial charge >= 0.3 is 6.09 Å². The van der Waals surface area contributed by atoms with Crippen molar-refractivity contribution in [3.63, 3.8) is 0 Å². The van der Waals surface area contributed by atoms with Gasteiger partial charge in [0.15, 0.2) is 0 Å². The van der Waals surface area contributed by atoms with E-state index in [0.29, 0.717) is 6.61 Å². The maximum Gasteiger partial charge on any atom is 0.409 e. The van der Waals surface area contributed by atoms with E-state index < -0.39 is 0 Å². The molecule has 1 aromatic rings. The first kappa shape index (κ1) is 26.2. The van der Waals surface area contributed by atoms with E-state index in [4.69, 9.17) is 14.2 Å². The lowest BCUT2D eigenvalue weighted by Crippen LogP contribution is -2.53. The normalized spacial score (nSPS) is 21.9. The largest absolute Gasteiger partial charge is 0.494 e. The van der Waals surface area contributed by atoms with Gasteiger partial charge in [0.05, 0.1) is 13.2 Å². The van der Waals surface area contributed by atoms with Crippen molar-refractivity contribution in [2.45, 2.75) is 57.3 Å². The monoisotopic (exact) mass is 487 g/mol. The van der Waals surface area contributed by atoms with Crippen LogP contribution in [0.3, 0.4) is 0 Å². The zero-order valence-electron chi connectivity index (χ0n) is 21.7. The van der Waals surface area contributed by atoms with Gasteiger partial charge in [0, 0.05) is 57.9 Å². The first-order valence-corrected chi connectivity index (χ1v) is 13.9. The standard InChI is InChI=1S/C28H45N3O4/c1-2-34-27(32)31-19-17-30(18-20-31)24-28(12-22-33-23-13-28)25-8-10-26(11-9-25)35-21-7-16-29-14-5-3-4-6-15-29/h8-11H,2-7,12-24H2,1H3. The zero-order valence-corrected chi connectivity index (χ0v) is 21.7. The van der Waals surface area contributed by atoms with E-state index in [1.54, 1.807) is 0 Å². The number of nitrogens with zero attached hydrogens (tertiary/aromatic N) is 3. The van der Waals surface area contributed by atoms with Gasteiger partial charge in [0.1, 0.15) is 5.75 Å². The highest BCUT2D eigenvalue weighted by molar-refractivity contribution is 5.67. The molecule has 0 unspecified atom stereocenters. The van der Waals surface area contributed by atoms with E-state index in [1.807, 2.05) is 11.8 Å². The van der Waals surface area contributed by atoms with E-state index in [-0.39, 0.29) is 11.5 Å². The average molecular weight is 488 g/mol. The topological polar surface area (TPSA) is 54.5 Å². The van der Waals surface area contributed by atoms with E-state index in [2.05, 4.69) is 34.1 Å². The molecule has 7 heteroatoms. The molecule has 1 aromatic carbocycles. The van der Waals surface area contributed by atoms with E-state index in [0.717, 1.165) is 84.1 Å². The molecule has 3 heterocycles. The number of rotatable bonds is 9. The maximum absolute atomic E-state index is 12.1. The summed E-state index contributed by atoms with van der Waals surface area (Å²) in [6.07, 6.45) is 8.41. The Morgan fingerprint density at radius 3 is 2.26 bits per heavy atom. The van der Waals surface area contributed by atoms with Crippen LogP contribution in [-0.4, -0.2) is 99.6 Å². The second-order valence-corrected chi connectivity index (χ2v) is 10.3. The van der Waals surface area contributed by atoms with Crippen molar-refractivity contribution < 1.29 is 19.0 Å². The molecule has 3 saturated heterocycles. The number of carbonyl (C=O) groups is 1. The molecule has 35 heavy (non-hydrogen) atoms. The Kier molecular flexibility index (Phi) is 10.1. The highest BCUT2D eigenvalue weighted by Gasteiger charge is 2.37. The van der Waals surface area contributed by atoms with Crippen molar-refractivity contribution in [3.8, 4) is 5.75 Å². The quantitative estimate of drug-likeness (QED) is 0.488. The summed E-state index contributed by atoms with van der Waals surface area (Å²) < 4.78 is 17.0. The smallest absolute Gasteiger partial charge is 0.409 e.